The molecule has 0 aromatic carbocycles. The Morgan fingerprint density at radius 3 is 2.48 bits per heavy atom. The van der Waals surface area contributed by atoms with Crippen molar-refractivity contribution in [1.82, 2.24) is 20.0 Å². The highest BCUT2D eigenvalue weighted by Crippen LogP contribution is 2.45. The molecule has 1 aromatic heterocycles. The largest absolute Gasteiger partial charge is 0.309 e. The van der Waals surface area contributed by atoms with Crippen LogP contribution in [0.2, 0.25) is 0 Å². The van der Waals surface area contributed by atoms with Crippen molar-refractivity contribution >= 4 is 0 Å². The monoisotopic (exact) mass is 290 g/mol. The van der Waals surface area contributed by atoms with E-state index in [9.17, 15) is 0 Å². The third kappa shape index (κ3) is 2.76. The molecule has 3 rings (SSSR count). The minimum Gasteiger partial charge on any atom is -0.309 e. The smallest absolute Gasteiger partial charge is 0.0538 e. The van der Waals surface area contributed by atoms with Crippen molar-refractivity contribution in [3.8, 4) is 0 Å². The van der Waals surface area contributed by atoms with E-state index in [2.05, 4.69) is 46.2 Å². The molecule has 21 heavy (non-hydrogen) atoms. The van der Waals surface area contributed by atoms with Gasteiger partial charge in [-0.25, -0.2) is 0 Å². The summed E-state index contributed by atoms with van der Waals surface area (Å²) in [5.41, 5.74) is 1.71. The highest BCUT2D eigenvalue weighted by Gasteiger charge is 2.47. The normalized spacial score (nSPS) is 23.7. The summed E-state index contributed by atoms with van der Waals surface area (Å²) in [6.45, 7) is 8.93. The van der Waals surface area contributed by atoms with Gasteiger partial charge in [0.2, 0.25) is 0 Å². The van der Waals surface area contributed by atoms with Gasteiger partial charge in [0, 0.05) is 23.8 Å². The summed E-state index contributed by atoms with van der Waals surface area (Å²) in [7, 11) is 0. The van der Waals surface area contributed by atoms with Crippen LogP contribution in [0.3, 0.4) is 0 Å². The van der Waals surface area contributed by atoms with Crippen molar-refractivity contribution in [2.75, 3.05) is 19.6 Å². The van der Waals surface area contributed by atoms with Crippen molar-refractivity contribution in [2.45, 2.75) is 70.5 Å². The minimum absolute atomic E-state index is 0.327. The first-order valence-electron chi connectivity index (χ1n) is 8.81. The molecule has 2 aliphatic rings. The lowest BCUT2D eigenvalue weighted by Crippen LogP contribution is -2.54. The van der Waals surface area contributed by atoms with Gasteiger partial charge in [0.1, 0.15) is 0 Å². The highest BCUT2D eigenvalue weighted by molar-refractivity contribution is 5.20. The fourth-order valence-corrected chi connectivity index (χ4v) is 4.46. The molecule has 1 aliphatic carbocycles. The number of nitrogens with zero attached hydrogens (tertiary/aromatic N) is 3. The Morgan fingerprint density at radius 2 is 1.90 bits per heavy atom. The van der Waals surface area contributed by atoms with E-state index < -0.39 is 0 Å². The average molecular weight is 290 g/mol. The topological polar surface area (TPSA) is 33.1 Å². The second-order valence-corrected chi connectivity index (χ2v) is 6.62. The molecular weight excluding hydrogens is 260 g/mol. The summed E-state index contributed by atoms with van der Waals surface area (Å²) in [5.74, 6) is 0. The first kappa shape index (κ1) is 15.0. The van der Waals surface area contributed by atoms with E-state index in [1.807, 2.05) is 0 Å². The lowest BCUT2D eigenvalue weighted by Gasteiger charge is -2.45. The predicted molar refractivity (Wildman–Crippen MR) is 86.3 cm³/mol. The molecule has 2 fully saturated rings. The Bertz CT molecular complexity index is 441. The standard InChI is InChI=1S/C17H30N4/c1-3-18-16(15-13-19-21(4-2)14-15)17(9-5-6-10-17)20-11-7-8-12-20/h13-14,16,18H,3-12H2,1-2H3. The summed E-state index contributed by atoms with van der Waals surface area (Å²) in [6, 6.07) is 0.434. The molecule has 0 radical (unpaired) electrons. The third-order valence-electron chi connectivity index (χ3n) is 5.46. The van der Waals surface area contributed by atoms with Crippen LogP contribution in [-0.4, -0.2) is 39.9 Å². The van der Waals surface area contributed by atoms with E-state index in [-0.39, 0.29) is 0 Å². The molecule has 1 unspecified atom stereocenters. The molecule has 1 saturated carbocycles. The quantitative estimate of drug-likeness (QED) is 0.874. The van der Waals surface area contributed by atoms with Gasteiger partial charge in [-0.2, -0.15) is 5.10 Å². The summed E-state index contributed by atoms with van der Waals surface area (Å²) in [5, 5.41) is 8.33. The zero-order valence-corrected chi connectivity index (χ0v) is 13.6. The zero-order chi connectivity index (χ0) is 14.7. The predicted octanol–water partition coefficient (Wildman–Crippen LogP) is 2.96. The number of rotatable bonds is 6. The molecule has 118 valence electrons. The fourth-order valence-electron chi connectivity index (χ4n) is 4.46. The maximum Gasteiger partial charge on any atom is 0.0538 e. The Labute approximate surface area is 128 Å². The third-order valence-corrected chi connectivity index (χ3v) is 5.46. The van der Waals surface area contributed by atoms with Gasteiger partial charge in [0.05, 0.1) is 12.2 Å². The average Bonchev–Trinajstić information content (AvgIpc) is 3.25. The number of hydrogen-bond donors (Lipinski definition) is 1. The lowest BCUT2D eigenvalue weighted by atomic mass is 9.83. The number of likely N-dealkylation sites (tertiary alicyclic amines) is 1. The minimum atomic E-state index is 0.327. The van der Waals surface area contributed by atoms with Crippen molar-refractivity contribution in [3.63, 3.8) is 0 Å². The molecule has 1 aliphatic heterocycles. The summed E-state index contributed by atoms with van der Waals surface area (Å²) >= 11 is 0. The van der Waals surface area contributed by atoms with Crippen molar-refractivity contribution in [2.24, 2.45) is 0 Å². The van der Waals surface area contributed by atoms with Crippen molar-refractivity contribution in [3.05, 3.63) is 18.0 Å². The van der Waals surface area contributed by atoms with Crippen molar-refractivity contribution in [1.29, 1.82) is 0 Å². The van der Waals surface area contributed by atoms with Crippen LogP contribution >= 0.6 is 0 Å². The molecule has 0 spiro atoms. The zero-order valence-electron chi connectivity index (χ0n) is 13.6. The first-order chi connectivity index (χ1) is 10.3. The van der Waals surface area contributed by atoms with Gasteiger partial charge in [-0.05, 0) is 52.2 Å². The van der Waals surface area contributed by atoms with Crippen LogP contribution in [0.4, 0.5) is 0 Å². The van der Waals surface area contributed by atoms with Gasteiger partial charge < -0.3 is 5.32 Å². The van der Waals surface area contributed by atoms with E-state index >= 15 is 0 Å². The summed E-state index contributed by atoms with van der Waals surface area (Å²) in [4.78, 5) is 2.79. The van der Waals surface area contributed by atoms with E-state index in [0.717, 1.165) is 13.1 Å². The highest BCUT2D eigenvalue weighted by atomic mass is 15.3. The first-order valence-corrected chi connectivity index (χ1v) is 8.81. The van der Waals surface area contributed by atoms with E-state index in [4.69, 9.17) is 0 Å². The van der Waals surface area contributed by atoms with Gasteiger partial charge in [-0.15, -0.1) is 0 Å². The number of hydrogen-bond acceptors (Lipinski definition) is 3. The van der Waals surface area contributed by atoms with E-state index in [1.165, 1.54) is 57.2 Å². The second kappa shape index (κ2) is 6.49. The number of aromatic nitrogens is 2. The van der Waals surface area contributed by atoms with Gasteiger partial charge in [-0.3, -0.25) is 9.58 Å². The molecule has 1 N–H and O–H groups in total. The maximum absolute atomic E-state index is 4.53. The van der Waals surface area contributed by atoms with Crippen molar-refractivity contribution < 1.29 is 0 Å². The molecule has 4 nitrogen and oxygen atoms in total. The molecular formula is C17H30N4. The molecule has 1 saturated heterocycles. The van der Waals surface area contributed by atoms with Crippen LogP contribution in [0.25, 0.3) is 0 Å². The van der Waals surface area contributed by atoms with Gasteiger partial charge in [0.25, 0.3) is 0 Å². The molecule has 1 aromatic rings. The van der Waals surface area contributed by atoms with Crippen LogP contribution in [0.5, 0.6) is 0 Å². The molecule has 1 atom stereocenters. The Kier molecular flexibility index (Phi) is 4.65. The lowest BCUT2D eigenvalue weighted by molar-refractivity contribution is 0.0770. The van der Waals surface area contributed by atoms with Gasteiger partial charge >= 0.3 is 0 Å². The Hall–Kier alpha value is -0.870. The van der Waals surface area contributed by atoms with Crippen LogP contribution in [-0.2, 0) is 6.54 Å². The molecule has 0 bridgehead atoms. The summed E-state index contributed by atoms with van der Waals surface area (Å²) in [6.07, 6.45) is 12.5. The van der Waals surface area contributed by atoms with Gasteiger partial charge in [0.15, 0.2) is 0 Å². The van der Waals surface area contributed by atoms with E-state index in [1.54, 1.807) is 0 Å². The SMILES string of the molecule is CCNC(c1cnn(CC)c1)C1(N2CCCC2)CCCC1. The van der Waals surface area contributed by atoms with Crippen LogP contribution in [0.15, 0.2) is 12.4 Å². The fraction of sp³-hybridized carbons (Fsp3) is 0.824. The van der Waals surface area contributed by atoms with Crippen LogP contribution < -0.4 is 5.32 Å². The van der Waals surface area contributed by atoms with Crippen LogP contribution in [0.1, 0.15) is 64.0 Å². The molecule has 4 heteroatoms. The maximum atomic E-state index is 4.53. The Balaban J connectivity index is 1.92. The Morgan fingerprint density at radius 1 is 1.19 bits per heavy atom. The van der Waals surface area contributed by atoms with Crippen LogP contribution in [0, 0.1) is 0 Å². The number of likely N-dealkylation sites (N-methyl/N-ethyl adjacent to an activating group) is 1. The molecule has 0 amide bonds. The van der Waals surface area contributed by atoms with Gasteiger partial charge in [-0.1, -0.05) is 19.8 Å². The second-order valence-electron chi connectivity index (χ2n) is 6.62. The van der Waals surface area contributed by atoms with E-state index in [0.29, 0.717) is 11.6 Å². The molecule has 2 heterocycles. The number of nitrogens with one attached hydrogen (secondary N) is 1. The number of aryl methyl sites for hydroxylation is 1. The summed E-state index contributed by atoms with van der Waals surface area (Å²) < 4.78 is 2.06.